The van der Waals surface area contributed by atoms with Crippen molar-refractivity contribution < 1.29 is 19.4 Å². The molecule has 0 spiro atoms. The molecule has 0 aromatic rings. The van der Waals surface area contributed by atoms with Crippen molar-refractivity contribution in [2.24, 2.45) is 0 Å². The molecular formula is C15H28N2O4. The van der Waals surface area contributed by atoms with Crippen LogP contribution in [0.5, 0.6) is 0 Å². The lowest BCUT2D eigenvalue weighted by atomic mass is 10.1. The van der Waals surface area contributed by atoms with Crippen LogP contribution in [0.15, 0.2) is 12.7 Å². The molecule has 6 nitrogen and oxygen atoms in total. The maximum atomic E-state index is 11.9. The van der Waals surface area contributed by atoms with Crippen LogP contribution in [-0.4, -0.2) is 53.8 Å². The lowest BCUT2D eigenvalue weighted by Gasteiger charge is -2.34. The second kappa shape index (κ2) is 10.3. The van der Waals surface area contributed by atoms with Crippen LogP contribution >= 0.6 is 0 Å². The molecule has 3 unspecified atom stereocenters. The summed E-state index contributed by atoms with van der Waals surface area (Å²) >= 11 is 0. The highest BCUT2D eigenvalue weighted by atomic mass is 16.5. The van der Waals surface area contributed by atoms with Crippen LogP contribution in [0.3, 0.4) is 0 Å². The quantitative estimate of drug-likeness (QED) is 0.467. The third-order valence-corrected chi connectivity index (χ3v) is 3.26. The highest BCUT2D eigenvalue weighted by molar-refractivity contribution is 5.87. The number of rotatable bonds is 10. The first-order valence-electron chi connectivity index (χ1n) is 7.34. The number of hydrogen-bond acceptors (Lipinski definition) is 4. The zero-order valence-corrected chi connectivity index (χ0v) is 13.5. The van der Waals surface area contributed by atoms with Crippen molar-refractivity contribution in [3.05, 3.63) is 12.7 Å². The molecule has 0 saturated heterocycles. The van der Waals surface area contributed by atoms with E-state index in [2.05, 4.69) is 11.9 Å². The van der Waals surface area contributed by atoms with Gasteiger partial charge in [0.1, 0.15) is 6.23 Å². The molecule has 0 bridgehead atoms. The standard InChI is InChI=1S/C15H28N2O4/c1-6-9-12(16-13(18)7-2)15(20)17(14(19)8-3)10-11(4)21-5/h8,11-12,15,20H,3,6-7,9-10H2,1-2,4-5H3,(H,16,18). The van der Waals surface area contributed by atoms with E-state index >= 15 is 0 Å². The number of hydrogen-bond donors (Lipinski definition) is 2. The predicted octanol–water partition coefficient (Wildman–Crippen LogP) is 1.05. The molecule has 21 heavy (non-hydrogen) atoms. The van der Waals surface area contributed by atoms with Gasteiger partial charge in [-0.3, -0.25) is 9.59 Å². The van der Waals surface area contributed by atoms with Gasteiger partial charge in [0.15, 0.2) is 0 Å². The van der Waals surface area contributed by atoms with Crippen molar-refractivity contribution in [1.82, 2.24) is 10.2 Å². The van der Waals surface area contributed by atoms with E-state index in [1.165, 1.54) is 12.0 Å². The number of nitrogens with one attached hydrogen (secondary N) is 1. The molecule has 122 valence electrons. The molecule has 0 heterocycles. The van der Waals surface area contributed by atoms with Gasteiger partial charge in [0, 0.05) is 20.1 Å². The Bertz CT molecular complexity index is 347. The van der Waals surface area contributed by atoms with Crippen LogP contribution in [0.25, 0.3) is 0 Å². The number of ether oxygens (including phenoxy) is 1. The summed E-state index contributed by atoms with van der Waals surface area (Å²) in [6.07, 6.45) is 1.50. The molecule has 0 aliphatic heterocycles. The maximum Gasteiger partial charge on any atom is 0.248 e. The summed E-state index contributed by atoms with van der Waals surface area (Å²) in [7, 11) is 1.54. The van der Waals surface area contributed by atoms with E-state index in [9.17, 15) is 14.7 Å². The molecule has 3 atom stereocenters. The van der Waals surface area contributed by atoms with Gasteiger partial charge >= 0.3 is 0 Å². The van der Waals surface area contributed by atoms with Crippen LogP contribution in [0.2, 0.25) is 0 Å². The SMILES string of the molecule is C=CC(=O)N(CC(C)OC)C(O)C(CCC)NC(=O)CC. The fraction of sp³-hybridized carbons (Fsp3) is 0.733. The first-order valence-corrected chi connectivity index (χ1v) is 7.34. The van der Waals surface area contributed by atoms with Gasteiger partial charge in [0.2, 0.25) is 11.8 Å². The highest BCUT2D eigenvalue weighted by Crippen LogP contribution is 2.11. The van der Waals surface area contributed by atoms with E-state index in [1.54, 1.807) is 13.8 Å². The third-order valence-electron chi connectivity index (χ3n) is 3.26. The number of amides is 2. The first-order chi connectivity index (χ1) is 9.90. The Morgan fingerprint density at radius 1 is 1.43 bits per heavy atom. The molecule has 0 aromatic heterocycles. The second-order valence-electron chi connectivity index (χ2n) is 4.97. The van der Waals surface area contributed by atoms with Gasteiger partial charge in [-0.2, -0.15) is 0 Å². The van der Waals surface area contributed by atoms with Crippen molar-refractivity contribution in [2.75, 3.05) is 13.7 Å². The topological polar surface area (TPSA) is 78.9 Å². The van der Waals surface area contributed by atoms with E-state index in [1.807, 2.05) is 6.92 Å². The van der Waals surface area contributed by atoms with Crippen LogP contribution < -0.4 is 5.32 Å². The average Bonchev–Trinajstić information content (AvgIpc) is 2.50. The first kappa shape index (κ1) is 19.6. The summed E-state index contributed by atoms with van der Waals surface area (Å²) in [5.41, 5.74) is 0. The minimum absolute atomic E-state index is 0.154. The molecule has 0 rings (SSSR count). The lowest BCUT2D eigenvalue weighted by Crippen LogP contribution is -2.55. The molecule has 0 aliphatic rings. The molecule has 2 amide bonds. The molecule has 0 radical (unpaired) electrons. The van der Waals surface area contributed by atoms with E-state index in [4.69, 9.17) is 4.74 Å². The van der Waals surface area contributed by atoms with E-state index in [0.717, 1.165) is 12.5 Å². The third kappa shape index (κ3) is 6.73. The summed E-state index contributed by atoms with van der Waals surface area (Å²) in [6.45, 7) is 9.17. The Hall–Kier alpha value is -1.40. The zero-order chi connectivity index (χ0) is 16.4. The Balaban J connectivity index is 5.07. The van der Waals surface area contributed by atoms with Crippen molar-refractivity contribution >= 4 is 11.8 Å². The minimum atomic E-state index is -1.11. The smallest absolute Gasteiger partial charge is 0.248 e. The van der Waals surface area contributed by atoms with Gasteiger partial charge < -0.3 is 20.1 Å². The second-order valence-corrected chi connectivity index (χ2v) is 4.97. The number of nitrogens with zero attached hydrogens (tertiary/aromatic N) is 1. The van der Waals surface area contributed by atoms with Crippen LogP contribution in [0.1, 0.15) is 40.0 Å². The molecule has 0 aliphatic carbocycles. The summed E-state index contributed by atoms with van der Waals surface area (Å²) in [4.78, 5) is 24.8. The molecule has 0 aromatic carbocycles. The summed E-state index contributed by atoms with van der Waals surface area (Å²) < 4.78 is 5.14. The van der Waals surface area contributed by atoms with Crippen LogP contribution in [0, 0.1) is 0 Å². The van der Waals surface area contributed by atoms with Gasteiger partial charge in [-0.25, -0.2) is 0 Å². The van der Waals surface area contributed by atoms with Crippen molar-refractivity contribution in [1.29, 1.82) is 0 Å². The predicted molar refractivity (Wildman–Crippen MR) is 81.5 cm³/mol. The zero-order valence-electron chi connectivity index (χ0n) is 13.5. The van der Waals surface area contributed by atoms with Crippen LogP contribution in [0.4, 0.5) is 0 Å². The molecule has 0 saturated carbocycles. The minimum Gasteiger partial charge on any atom is -0.380 e. The molecule has 0 fully saturated rings. The number of aliphatic hydroxyl groups excluding tert-OH is 1. The Labute approximate surface area is 127 Å². The summed E-state index contributed by atoms with van der Waals surface area (Å²) in [5.74, 6) is -0.545. The average molecular weight is 300 g/mol. The van der Waals surface area contributed by atoms with Crippen LogP contribution in [-0.2, 0) is 14.3 Å². The number of aliphatic hydroxyl groups is 1. The number of carbonyl (C=O) groups is 2. The monoisotopic (exact) mass is 300 g/mol. The Kier molecular flexibility index (Phi) is 9.65. The molecule has 2 N–H and O–H groups in total. The maximum absolute atomic E-state index is 11.9. The van der Waals surface area contributed by atoms with Crippen molar-refractivity contribution in [2.45, 2.75) is 58.4 Å². The van der Waals surface area contributed by atoms with E-state index < -0.39 is 18.2 Å². The Morgan fingerprint density at radius 2 is 2.05 bits per heavy atom. The Morgan fingerprint density at radius 3 is 2.48 bits per heavy atom. The van der Waals surface area contributed by atoms with Gasteiger partial charge in [0.25, 0.3) is 0 Å². The molecule has 6 heteroatoms. The fourth-order valence-corrected chi connectivity index (χ4v) is 1.93. The van der Waals surface area contributed by atoms with Crippen molar-refractivity contribution in [3.63, 3.8) is 0 Å². The largest absolute Gasteiger partial charge is 0.380 e. The molecular weight excluding hydrogens is 272 g/mol. The van der Waals surface area contributed by atoms with E-state index in [0.29, 0.717) is 12.8 Å². The van der Waals surface area contributed by atoms with Gasteiger partial charge in [-0.05, 0) is 19.4 Å². The summed E-state index contributed by atoms with van der Waals surface area (Å²) in [5, 5.41) is 13.2. The normalized spacial score (nSPS) is 14.9. The number of methoxy groups -OCH3 is 1. The van der Waals surface area contributed by atoms with E-state index in [-0.39, 0.29) is 18.6 Å². The van der Waals surface area contributed by atoms with Crippen molar-refractivity contribution in [3.8, 4) is 0 Å². The fourth-order valence-electron chi connectivity index (χ4n) is 1.93. The van der Waals surface area contributed by atoms with Gasteiger partial charge in [-0.1, -0.05) is 26.8 Å². The number of carbonyl (C=O) groups excluding carboxylic acids is 2. The van der Waals surface area contributed by atoms with Gasteiger partial charge in [0.05, 0.1) is 12.1 Å². The van der Waals surface area contributed by atoms with Gasteiger partial charge in [-0.15, -0.1) is 0 Å². The lowest BCUT2D eigenvalue weighted by molar-refractivity contribution is -0.143. The highest BCUT2D eigenvalue weighted by Gasteiger charge is 2.29. The summed E-state index contributed by atoms with van der Waals surface area (Å²) in [6, 6.07) is -0.504.